The van der Waals surface area contributed by atoms with Gasteiger partial charge in [-0.3, -0.25) is 4.79 Å². The van der Waals surface area contributed by atoms with Crippen LogP contribution in [0.2, 0.25) is 5.02 Å². The zero-order valence-electron chi connectivity index (χ0n) is 15.1. The van der Waals surface area contributed by atoms with Crippen molar-refractivity contribution in [3.63, 3.8) is 0 Å². The molecule has 0 aliphatic rings. The van der Waals surface area contributed by atoms with Crippen molar-refractivity contribution in [3.05, 3.63) is 64.2 Å². The number of carbonyl (C=O) groups is 1. The first kappa shape index (κ1) is 20.4. The number of amides is 1. The number of carbonyl (C=O) groups excluding carboxylic acids is 1. The number of benzene rings is 2. The minimum atomic E-state index is -3.51. The predicted octanol–water partition coefficient (Wildman–Crippen LogP) is 3.40. The fraction of sp³-hybridized carbons (Fsp3) is 0.316. The molecule has 7 heteroatoms. The second-order valence-electron chi connectivity index (χ2n) is 6.34. The highest BCUT2D eigenvalue weighted by Crippen LogP contribution is 2.17. The molecule has 26 heavy (non-hydrogen) atoms. The largest absolute Gasteiger partial charge is 0.325 e. The average Bonchev–Trinajstić information content (AvgIpc) is 2.54. The Morgan fingerprint density at radius 2 is 1.88 bits per heavy atom. The SMILES string of the molecule is Cc1ccc(C)c(NC(=O)CN(CCc2cccc(Cl)c2)S(C)(=O)=O)c1. The highest BCUT2D eigenvalue weighted by Gasteiger charge is 2.20. The highest BCUT2D eigenvalue weighted by molar-refractivity contribution is 7.88. The van der Waals surface area contributed by atoms with E-state index in [1.165, 1.54) is 4.31 Å². The summed E-state index contributed by atoms with van der Waals surface area (Å²) in [5.41, 5.74) is 3.56. The Morgan fingerprint density at radius 1 is 1.15 bits per heavy atom. The molecule has 0 bridgehead atoms. The molecule has 0 unspecified atom stereocenters. The molecule has 0 heterocycles. The van der Waals surface area contributed by atoms with Crippen LogP contribution < -0.4 is 5.32 Å². The Bertz CT molecular complexity index is 897. The van der Waals surface area contributed by atoms with E-state index in [9.17, 15) is 13.2 Å². The summed E-state index contributed by atoms with van der Waals surface area (Å²) in [6, 6.07) is 13.0. The van der Waals surface area contributed by atoms with Gasteiger partial charge in [0, 0.05) is 17.3 Å². The number of nitrogens with zero attached hydrogens (tertiary/aromatic N) is 1. The number of rotatable bonds is 7. The van der Waals surface area contributed by atoms with Gasteiger partial charge in [0.2, 0.25) is 15.9 Å². The Balaban J connectivity index is 2.05. The fourth-order valence-electron chi connectivity index (χ4n) is 2.53. The second kappa shape index (κ2) is 8.66. The van der Waals surface area contributed by atoms with Gasteiger partial charge in [0.1, 0.15) is 0 Å². The van der Waals surface area contributed by atoms with Gasteiger partial charge in [0.15, 0.2) is 0 Å². The Hall–Kier alpha value is -1.89. The Kier molecular flexibility index (Phi) is 6.81. The summed E-state index contributed by atoms with van der Waals surface area (Å²) in [7, 11) is -3.51. The van der Waals surface area contributed by atoms with Crippen LogP contribution in [0.25, 0.3) is 0 Å². The van der Waals surface area contributed by atoms with Gasteiger partial charge in [0.25, 0.3) is 0 Å². The van der Waals surface area contributed by atoms with Crippen molar-refractivity contribution < 1.29 is 13.2 Å². The molecule has 0 radical (unpaired) electrons. The van der Waals surface area contributed by atoms with Crippen molar-refractivity contribution in [1.29, 1.82) is 0 Å². The molecule has 140 valence electrons. The summed E-state index contributed by atoms with van der Waals surface area (Å²) >= 11 is 5.96. The van der Waals surface area contributed by atoms with E-state index in [1.54, 1.807) is 12.1 Å². The Morgan fingerprint density at radius 3 is 2.54 bits per heavy atom. The van der Waals surface area contributed by atoms with Crippen LogP contribution in [-0.2, 0) is 21.2 Å². The van der Waals surface area contributed by atoms with E-state index in [1.807, 2.05) is 44.2 Å². The third-order valence-corrected chi connectivity index (χ3v) is 5.48. The molecule has 2 rings (SSSR count). The summed E-state index contributed by atoms with van der Waals surface area (Å²) in [5, 5.41) is 3.39. The second-order valence-corrected chi connectivity index (χ2v) is 8.76. The lowest BCUT2D eigenvalue weighted by Gasteiger charge is -2.20. The molecular weight excluding hydrogens is 372 g/mol. The maximum Gasteiger partial charge on any atom is 0.239 e. The molecule has 0 aliphatic carbocycles. The number of aryl methyl sites for hydroxylation is 2. The van der Waals surface area contributed by atoms with E-state index in [0.717, 1.165) is 22.9 Å². The molecule has 1 N–H and O–H groups in total. The average molecular weight is 395 g/mol. The predicted molar refractivity (Wildman–Crippen MR) is 106 cm³/mol. The molecule has 0 fully saturated rings. The van der Waals surface area contributed by atoms with Gasteiger partial charge in [-0.1, -0.05) is 35.9 Å². The van der Waals surface area contributed by atoms with Gasteiger partial charge in [-0.2, -0.15) is 4.31 Å². The highest BCUT2D eigenvalue weighted by atomic mass is 35.5. The van der Waals surface area contributed by atoms with Crippen molar-refractivity contribution in [2.75, 3.05) is 24.7 Å². The van der Waals surface area contributed by atoms with Crippen molar-refractivity contribution in [1.82, 2.24) is 4.31 Å². The molecular formula is C19H23ClN2O3S. The zero-order chi connectivity index (χ0) is 19.3. The molecule has 0 spiro atoms. The van der Waals surface area contributed by atoms with Gasteiger partial charge < -0.3 is 5.32 Å². The molecule has 0 atom stereocenters. The Labute approximate surface area is 160 Å². The van der Waals surface area contributed by atoms with Crippen LogP contribution in [0.1, 0.15) is 16.7 Å². The van der Waals surface area contributed by atoms with Gasteiger partial charge in [-0.15, -0.1) is 0 Å². The summed E-state index contributed by atoms with van der Waals surface area (Å²) < 4.78 is 25.3. The van der Waals surface area contributed by atoms with Crippen LogP contribution in [0.5, 0.6) is 0 Å². The first-order valence-corrected chi connectivity index (χ1v) is 10.4. The molecule has 0 aliphatic heterocycles. The lowest BCUT2D eigenvalue weighted by atomic mass is 10.1. The molecule has 5 nitrogen and oxygen atoms in total. The third kappa shape index (κ3) is 6.12. The monoisotopic (exact) mass is 394 g/mol. The van der Waals surface area contributed by atoms with E-state index >= 15 is 0 Å². The molecule has 0 saturated carbocycles. The van der Waals surface area contributed by atoms with E-state index in [0.29, 0.717) is 17.1 Å². The lowest BCUT2D eigenvalue weighted by Crippen LogP contribution is -2.38. The smallest absolute Gasteiger partial charge is 0.239 e. The number of hydrogen-bond donors (Lipinski definition) is 1. The maximum absolute atomic E-state index is 12.4. The van der Waals surface area contributed by atoms with Crippen LogP contribution in [0, 0.1) is 13.8 Å². The number of hydrogen-bond acceptors (Lipinski definition) is 3. The van der Waals surface area contributed by atoms with Crippen molar-refractivity contribution in [2.24, 2.45) is 0 Å². The van der Waals surface area contributed by atoms with E-state index < -0.39 is 10.0 Å². The van der Waals surface area contributed by atoms with Crippen molar-refractivity contribution >= 4 is 33.2 Å². The van der Waals surface area contributed by atoms with E-state index in [-0.39, 0.29) is 19.0 Å². The fourth-order valence-corrected chi connectivity index (χ4v) is 3.52. The molecule has 0 saturated heterocycles. The number of halogens is 1. The molecule has 2 aromatic rings. The number of nitrogens with one attached hydrogen (secondary N) is 1. The quantitative estimate of drug-likeness (QED) is 0.782. The van der Waals surface area contributed by atoms with Gasteiger partial charge in [-0.05, 0) is 55.2 Å². The molecule has 2 aromatic carbocycles. The standard InChI is InChI=1S/C19H23ClN2O3S/c1-14-7-8-15(2)18(11-14)21-19(23)13-22(26(3,24)25)10-9-16-5-4-6-17(20)12-16/h4-8,11-12H,9-10,13H2,1-3H3,(H,21,23). The number of anilines is 1. The minimum absolute atomic E-state index is 0.208. The first-order valence-electron chi connectivity index (χ1n) is 8.22. The van der Waals surface area contributed by atoms with Crippen LogP contribution in [0.3, 0.4) is 0 Å². The third-order valence-electron chi connectivity index (χ3n) is 4.00. The summed E-state index contributed by atoms with van der Waals surface area (Å²) in [4.78, 5) is 12.4. The van der Waals surface area contributed by atoms with Crippen molar-refractivity contribution in [3.8, 4) is 0 Å². The van der Waals surface area contributed by atoms with E-state index in [2.05, 4.69) is 5.32 Å². The van der Waals surface area contributed by atoms with Crippen LogP contribution >= 0.6 is 11.6 Å². The van der Waals surface area contributed by atoms with Crippen LogP contribution in [0.15, 0.2) is 42.5 Å². The van der Waals surface area contributed by atoms with Gasteiger partial charge in [0.05, 0.1) is 12.8 Å². The summed E-state index contributed by atoms with van der Waals surface area (Å²) in [5.74, 6) is -0.366. The molecule has 0 aromatic heterocycles. The minimum Gasteiger partial charge on any atom is -0.325 e. The van der Waals surface area contributed by atoms with Crippen LogP contribution in [0.4, 0.5) is 5.69 Å². The first-order chi connectivity index (χ1) is 12.1. The lowest BCUT2D eigenvalue weighted by molar-refractivity contribution is -0.116. The molecule has 1 amide bonds. The van der Waals surface area contributed by atoms with Gasteiger partial charge >= 0.3 is 0 Å². The topological polar surface area (TPSA) is 66.5 Å². The van der Waals surface area contributed by atoms with E-state index in [4.69, 9.17) is 11.6 Å². The van der Waals surface area contributed by atoms with Crippen LogP contribution in [-0.4, -0.2) is 38.0 Å². The maximum atomic E-state index is 12.4. The number of sulfonamides is 1. The van der Waals surface area contributed by atoms with Crippen molar-refractivity contribution in [2.45, 2.75) is 20.3 Å². The normalized spacial score (nSPS) is 11.6. The summed E-state index contributed by atoms with van der Waals surface area (Å²) in [6.45, 7) is 3.80. The zero-order valence-corrected chi connectivity index (χ0v) is 16.7. The summed E-state index contributed by atoms with van der Waals surface area (Å²) in [6.07, 6.45) is 1.58. The van der Waals surface area contributed by atoms with Gasteiger partial charge in [-0.25, -0.2) is 8.42 Å².